The van der Waals surface area contributed by atoms with E-state index in [-0.39, 0.29) is 22.7 Å². The number of thiophene rings is 1. The van der Waals surface area contributed by atoms with E-state index in [0.29, 0.717) is 10.7 Å². The number of amides is 1. The van der Waals surface area contributed by atoms with Crippen molar-refractivity contribution < 1.29 is 19.8 Å². The van der Waals surface area contributed by atoms with E-state index in [1.807, 2.05) is 48.8 Å². The normalized spacial score (nSPS) is 18.2. The summed E-state index contributed by atoms with van der Waals surface area (Å²) in [5.74, 6) is -1.02. The third kappa shape index (κ3) is 8.61. The second-order valence-corrected chi connectivity index (χ2v) is 15.6. The lowest BCUT2D eigenvalue weighted by atomic mass is 9.66. The van der Waals surface area contributed by atoms with Gasteiger partial charge in [0.05, 0.1) is 6.04 Å². The topological polar surface area (TPSA) is 124 Å². The Kier molecular flexibility index (Phi) is 9.83. The van der Waals surface area contributed by atoms with Gasteiger partial charge >= 0.3 is 5.97 Å². The van der Waals surface area contributed by atoms with Gasteiger partial charge in [0.2, 0.25) is 5.91 Å². The van der Waals surface area contributed by atoms with E-state index in [1.165, 1.54) is 23.8 Å². The van der Waals surface area contributed by atoms with Crippen LogP contribution in [0.4, 0.5) is 0 Å². The molecule has 1 aliphatic rings. The van der Waals surface area contributed by atoms with Gasteiger partial charge in [-0.2, -0.15) is 0 Å². The van der Waals surface area contributed by atoms with Crippen LogP contribution >= 0.6 is 11.3 Å². The Balaban J connectivity index is 1.50. The zero-order chi connectivity index (χ0) is 32.4. The standard InChI is InChI=1S/C35H46N4O4S/c1-21(32(42)43)38-30(40)26(39-31(41)27-13-14-28(44-27)33(2,3)4)15-22-9-11-23(12-10-22)29-36-18-25(19-37-29)24-16-34(5,6)20-35(7,8)17-24/h9-14,16,18-19,21,26,31,39,41H,15,17,20H2,1-8H3,(H,38,40)(H,42,43)/t21-,26+,31?/m1/s1. The van der Waals surface area contributed by atoms with E-state index in [9.17, 15) is 19.8 Å². The fourth-order valence-corrected chi connectivity index (χ4v) is 7.03. The maximum Gasteiger partial charge on any atom is 0.325 e. The van der Waals surface area contributed by atoms with E-state index < -0.39 is 30.2 Å². The fourth-order valence-electron chi connectivity index (χ4n) is 6.02. The highest BCUT2D eigenvalue weighted by Gasteiger charge is 2.33. The molecule has 8 nitrogen and oxygen atoms in total. The third-order valence-corrected chi connectivity index (χ3v) is 9.45. The number of benzene rings is 1. The van der Waals surface area contributed by atoms with E-state index in [4.69, 9.17) is 0 Å². The van der Waals surface area contributed by atoms with Crippen molar-refractivity contribution in [3.63, 3.8) is 0 Å². The van der Waals surface area contributed by atoms with Crippen molar-refractivity contribution in [2.24, 2.45) is 10.8 Å². The molecule has 4 rings (SSSR count). The Hall–Kier alpha value is -3.40. The molecule has 0 fully saturated rings. The maximum absolute atomic E-state index is 13.2. The van der Waals surface area contributed by atoms with Crippen molar-refractivity contribution >= 4 is 28.8 Å². The zero-order valence-corrected chi connectivity index (χ0v) is 27.9. The Bertz CT molecular complexity index is 1500. The number of carboxylic acids is 1. The van der Waals surface area contributed by atoms with Crippen molar-refractivity contribution in [2.75, 3.05) is 0 Å². The smallest absolute Gasteiger partial charge is 0.325 e. The summed E-state index contributed by atoms with van der Waals surface area (Å²) in [7, 11) is 0. The number of nitrogens with one attached hydrogen (secondary N) is 2. The molecule has 0 aliphatic heterocycles. The number of carbonyl (C=O) groups is 2. The minimum Gasteiger partial charge on any atom is -0.480 e. The molecule has 2 aromatic heterocycles. The number of aliphatic carboxylic acids is 1. The molecule has 2 heterocycles. The van der Waals surface area contributed by atoms with Gasteiger partial charge in [0, 0.05) is 33.3 Å². The van der Waals surface area contributed by atoms with E-state index in [0.717, 1.165) is 34.4 Å². The molecule has 44 heavy (non-hydrogen) atoms. The molecule has 1 aromatic carbocycles. The molecule has 236 valence electrons. The van der Waals surface area contributed by atoms with Gasteiger partial charge in [-0.05, 0) is 65.7 Å². The van der Waals surface area contributed by atoms with Crippen molar-refractivity contribution in [3.05, 3.63) is 75.7 Å². The molecular formula is C35H46N4O4S. The summed E-state index contributed by atoms with van der Waals surface area (Å²) in [6, 6.07) is 9.52. The predicted molar refractivity (Wildman–Crippen MR) is 176 cm³/mol. The Morgan fingerprint density at radius 3 is 2.18 bits per heavy atom. The van der Waals surface area contributed by atoms with Gasteiger partial charge in [0.25, 0.3) is 0 Å². The Labute approximate surface area is 265 Å². The lowest BCUT2D eigenvalue weighted by Crippen LogP contribution is -2.50. The summed E-state index contributed by atoms with van der Waals surface area (Å²) in [6.07, 6.45) is 7.41. The quantitative estimate of drug-likeness (QED) is 0.191. The van der Waals surface area contributed by atoms with E-state index in [2.05, 4.69) is 75.1 Å². The summed E-state index contributed by atoms with van der Waals surface area (Å²) in [5.41, 5.74) is 4.28. The lowest BCUT2D eigenvalue weighted by molar-refractivity contribution is -0.141. The largest absolute Gasteiger partial charge is 0.480 e. The van der Waals surface area contributed by atoms with Crippen LogP contribution in [0.25, 0.3) is 17.0 Å². The first-order valence-electron chi connectivity index (χ1n) is 15.1. The lowest BCUT2D eigenvalue weighted by Gasteiger charge is -2.39. The van der Waals surface area contributed by atoms with Crippen LogP contribution < -0.4 is 10.6 Å². The number of nitrogens with zero attached hydrogens (tertiary/aromatic N) is 2. The molecule has 1 amide bonds. The van der Waals surface area contributed by atoms with E-state index >= 15 is 0 Å². The van der Waals surface area contributed by atoms with Gasteiger partial charge in [-0.25, -0.2) is 9.97 Å². The van der Waals surface area contributed by atoms with Gasteiger partial charge < -0.3 is 15.5 Å². The number of allylic oxidation sites excluding steroid dienone is 2. The van der Waals surface area contributed by atoms with E-state index in [1.54, 1.807) is 0 Å². The highest BCUT2D eigenvalue weighted by molar-refractivity contribution is 7.12. The molecule has 1 aliphatic carbocycles. The van der Waals surface area contributed by atoms with Crippen LogP contribution in [0, 0.1) is 10.8 Å². The number of aromatic nitrogens is 2. The molecule has 0 bridgehead atoms. The van der Waals surface area contributed by atoms with Crippen LogP contribution in [0.5, 0.6) is 0 Å². The number of hydrogen-bond acceptors (Lipinski definition) is 7. The molecule has 3 atom stereocenters. The second-order valence-electron chi connectivity index (χ2n) is 14.5. The van der Waals surface area contributed by atoms with Crippen LogP contribution in [0.2, 0.25) is 0 Å². The minimum absolute atomic E-state index is 0.0664. The number of rotatable bonds is 10. The monoisotopic (exact) mass is 618 g/mol. The first kappa shape index (κ1) is 33.5. The van der Waals surface area contributed by atoms with Crippen LogP contribution in [0.3, 0.4) is 0 Å². The first-order chi connectivity index (χ1) is 20.4. The van der Waals surface area contributed by atoms with Crippen LogP contribution in [0.1, 0.15) is 95.3 Å². The van der Waals surface area contributed by atoms with Crippen LogP contribution in [-0.2, 0) is 21.4 Å². The molecule has 0 saturated carbocycles. The summed E-state index contributed by atoms with van der Waals surface area (Å²) in [4.78, 5) is 35.7. The van der Waals surface area contributed by atoms with Crippen LogP contribution in [-0.4, -0.2) is 44.1 Å². The van der Waals surface area contributed by atoms with Crippen LogP contribution in [0.15, 0.2) is 54.9 Å². The third-order valence-electron chi connectivity index (χ3n) is 7.88. The molecule has 4 N–H and O–H groups in total. The van der Waals surface area contributed by atoms with Gasteiger partial charge in [0.15, 0.2) is 5.82 Å². The fraction of sp³-hybridized carbons (Fsp3) is 0.486. The molecule has 0 radical (unpaired) electrons. The van der Waals surface area contributed by atoms with Gasteiger partial charge in [-0.1, -0.05) is 78.8 Å². The number of carbonyl (C=O) groups excluding carboxylic acids is 1. The maximum atomic E-state index is 13.2. The SMILES string of the molecule is C[C@@H](NC(=O)[C@H](Cc1ccc(-c2ncc(C3=CC(C)(C)CC(C)(C)C3)cn2)cc1)NC(O)c1ccc(C(C)(C)C)s1)C(=O)O. The summed E-state index contributed by atoms with van der Waals surface area (Å²) in [5, 5.41) is 25.9. The molecular weight excluding hydrogens is 572 g/mol. The average Bonchev–Trinajstić information content (AvgIpc) is 3.43. The van der Waals surface area contributed by atoms with Gasteiger partial charge in [0.1, 0.15) is 12.3 Å². The second kappa shape index (κ2) is 12.9. The van der Waals surface area contributed by atoms with Gasteiger partial charge in [-0.3, -0.25) is 14.9 Å². The summed E-state index contributed by atoms with van der Waals surface area (Å²) < 4.78 is 0. The molecule has 9 heteroatoms. The predicted octanol–water partition coefficient (Wildman–Crippen LogP) is 6.51. The Morgan fingerprint density at radius 2 is 1.64 bits per heavy atom. The number of aliphatic hydroxyl groups is 1. The minimum atomic E-state index is -1.13. The Morgan fingerprint density at radius 1 is 1.00 bits per heavy atom. The highest BCUT2D eigenvalue weighted by atomic mass is 32.1. The summed E-state index contributed by atoms with van der Waals surface area (Å²) >= 11 is 1.48. The zero-order valence-electron chi connectivity index (χ0n) is 27.1. The first-order valence-corrected chi connectivity index (χ1v) is 16.0. The van der Waals surface area contributed by atoms with Crippen molar-refractivity contribution in [2.45, 2.75) is 98.4 Å². The highest BCUT2D eigenvalue weighted by Crippen LogP contribution is 2.47. The molecule has 0 saturated heterocycles. The number of carboxylic acid groups (broad SMARTS) is 1. The average molecular weight is 619 g/mol. The van der Waals surface area contributed by atoms with Crippen molar-refractivity contribution in [1.82, 2.24) is 20.6 Å². The molecule has 1 unspecified atom stereocenters. The van der Waals surface area contributed by atoms with Crippen molar-refractivity contribution in [1.29, 1.82) is 0 Å². The number of aliphatic hydroxyl groups excluding tert-OH is 1. The van der Waals surface area contributed by atoms with Crippen molar-refractivity contribution in [3.8, 4) is 11.4 Å². The molecule has 0 spiro atoms. The number of hydrogen-bond donors (Lipinski definition) is 4. The van der Waals surface area contributed by atoms with Gasteiger partial charge in [-0.15, -0.1) is 11.3 Å². The summed E-state index contributed by atoms with van der Waals surface area (Å²) in [6.45, 7) is 16.9. The molecule has 3 aromatic rings.